The van der Waals surface area contributed by atoms with E-state index in [1.54, 1.807) is 6.92 Å². The van der Waals surface area contributed by atoms with E-state index in [1.165, 1.54) is 11.3 Å². The number of hydrogen-bond acceptors (Lipinski definition) is 5. The van der Waals surface area contributed by atoms with Gasteiger partial charge in [0, 0.05) is 16.3 Å². The monoisotopic (exact) mass is 388 g/mol. The van der Waals surface area contributed by atoms with E-state index in [-0.39, 0.29) is 5.97 Å². The molecule has 7 heteroatoms. The van der Waals surface area contributed by atoms with Crippen LogP contribution in [0.1, 0.15) is 19.0 Å². The lowest BCUT2D eigenvalue weighted by molar-refractivity contribution is -0.143. The molecule has 1 aromatic carbocycles. The molecule has 4 nitrogen and oxygen atoms in total. The van der Waals surface area contributed by atoms with Gasteiger partial charge in [0.2, 0.25) is 0 Å². The lowest BCUT2D eigenvalue weighted by Gasteiger charge is -2.05. The third kappa shape index (κ3) is 4.98. The number of thiazole rings is 1. The maximum absolute atomic E-state index is 11.3. The molecular weight excluding hydrogens is 376 g/mol. The number of aromatic nitrogens is 1. The first-order chi connectivity index (χ1) is 10.1. The summed E-state index contributed by atoms with van der Waals surface area (Å²) in [6.45, 7) is 2.20. The van der Waals surface area contributed by atoms with Gasteiger partial charge in [-0.2, -0.15) is 0 Å². The van der Waals surface area contributed by atoms with Gasteiger partial charge < -0.3 is 10.1 Å². The predicted molar refractivity (Wildman–Crippen MR) is 89.5 cm³/mol. The molecule has 0 aliphatic heterocycles. The van der Waals surface area contributed by atoms with Gasteiger partial charge in [-0.25, -0.2) is 4.98 Å². The summed E-state index contributed by atoms with van der Waals surface area (Å²) in [4.78, 5) is 15.7. The van der Waals surface area contributed by atoms with Crippen molar-refractivity contribution < 1.29 is 9.53 Å². The van der Waals surface area contributed by atoms with Crippen molar-refractivity contribution in [1.82, 2.24) is 4.98 Å². The smallest absolute Gasteiger partial charge is 0.306 e. The van der Waals surface area contributed by atoms with E-state index >= 15 is 0 Å². The Labute approximate surface area is 140 Å². The molecule has 0 unspecified atom stereocenters. The SMILES string of the molecule is CCOC(=O)CCc1csc(Nc2ccc(Br)cc2Cl)n1. The molecule has 0 spiro atoms. The van der Waals surface area contributed by atoms with Crippen molar-refractivity contribution in [1.29, 1.82) is 0 Å². The van der Waals surface area contributed by atoms with Crippen LogP contribution in [0, 0.1) is 0 Å². The molecule has 0 radical (unpaired) electrons. The summed E-state index contributed by atoms with van der Waals surface area (Å²) in [7, 11) is 0. The molecule has 0 saturated heterocycles. The van der Waals surface area contributed by atoms with Crippen LogP contribution in [0.25, 0.3) is 0 Å². The van der Waals surface area contributed by atoms with Gasteiger partial charge in [0.15, 0.2) is 5.13 Å². The molecule has 0 aliphatic rings. The van der Waals surface area contributed by atoms with Crippen LogP contribution >= 0.6 is 38.9 Å². The van der Waals surface area contributed by atoms with Crippen LogP contribution < -0.4 is 5.32 Å². The Hall–Kier alpha value is -1.11. The molecule has 0 aliphatic carbocycles. The molecule has 0 saturated carbocycles. The van der Waals surface area contributed by atoms with Crippen molar-refractivity contribution >= 4 is 55.7 Å². The Bertz CT molecular complexity index is 633. The Morgan fingerprint density at radius 2 is 2.33 bits per heavy atom. The second-order valence-corrected chi connectivity index (χ2v) is 6.38. The van der Waals surface area contributed by atoms with Crippen LogP contribution in [-0.4, -0.2) is 17.6 Å². The van der Waals surface area contributed by atoms with Crippen LogP contribution in [0.2, 0.25) is 5.02 Å². The van der Waals surface area contributed by atoms with Gasteiger partial charge in [-0.05, 0) is 25.1 Å². The zero-order valence-corrected chi connectivity index (χ0v) is 14.5. The third-order valence-corrected chi connectivity index (χ3v) is 4.23. The molecule has 1 N–H and O–H groups in total. The largest absolute Gasteiger partial charge is 0.466 e. The molecule has 1 heterocycles. The fraction of sp³-hybridized carbons (Fsp3) is 0.286. The number of halogens is 2. The van der Waals surface area contributed by atoms with Crippen LogP contribution in [0.3, 0.4) is 0 Å². The number of benzene rings is 1. The molecule has 2 rings (SSSR count). The number of esters is 1. The molecule has 21 heavy (non-hydrogen) atoms. The summed E-state index contributed by atoms with van der Waals surface area (Å²) in [5.74, 6) is -0.198. The Kier molecular flexibility index (Phi) is 6.02. The quantitative estimate of drug-likeness (QED) is 0.721. The standard InChI is InChI=1S/C14H14BrClN2O2S/c1-2-20-13(19)6-4-10-8-21-14(17-10)18-12-5-3-9(15)7-11(12)16/h3,5,7-8H,2,4,6H2,1H3,(H,17,18). The number of nitrogens with one attached hydrogen (secondary N) is 1. The summed E-state index contributed by atoms with van der Waals surface area (Å²) in [6, 6.07) is 5.61. The predicted octanol–water partition coefficient (Wildman–Crippen LogP) is 4.80. The lowest BCUT2D eigenvalue weighted by Crippen LogP contribution is -2.05. The third-order valence-electron chi connectivity index (χ3n) is 2.62. The number of nitrogens with zero attached hydrogens (tertiary/aromatic N) is 1. The first-order valence-electron chi connectivity index (χ1n) is 6.40. The number of hydrogen-bond donors (Lipinski definition) is 1. The first-order valence-corrected chi connectivity index (χ1v) is 8.45. The minimum absolute atomic E-state index is 0.198. The summed E-state index contributed by atoms with van der Waals surface area (Å²) >= 11 is 11.0. The minimum Gasteiger partial charge on any atom is -0.466 e. The van der Waals surface area contributed by atoms with Gasteiger partial charge >= 0.3 is 5.97 Å². The molecule has 2 aromatic rings. The molecular formula is C14H14BrClN2O2S. The maximum Gasteiger partial charge on any atom is 0.306 e. The van der Waals surface area contributed by atoms with E-state index in [0.717, 1.165) is 21.0 Å². The topological polar surface area (TPSA) is 51.2 Å². The number of ether oxygens (including phenoxy) is 1. The first kappa shape index (κ1) is 16.3. The van der Waals surface area contributed by atoms with E-state index in [2.05, 4.69) is 26.2 Å². The van der Waals surface area contributed by atoms with Crippen LogP contribution in [0.5, 0.6) is 0 Å². The highest BCUT2D eigenvalue weighted by Gasteiger charge is 2.08. The molecule has 0 fully saturated rings. The number of carbonyl (C=O) groups excluding carboxylic acids is 1. The minimum atomic E-state index is -0.198. The normalized spacial score (nSPS) is 10.4. The Morgan fingerprint density at radius 1 is 1.52 bits per heavy atom. The highest BCUT2D eigenvalue weighted by Crippen LogP contribution is 2.29. The van der Waals surface area contributed by atoms with Crippen LogP contribution in [0.15, 0.2) is 28.1 Å². The average molecular weight is 390 g/mol. The van der Waals surface area contributed by atoms with Crippen LogP contribution in [0.4, 0.5) is 10.8 Å². The van der Waals surface area contributed by atoms with Gasteiger partial charge in [-0.15, -0.1) is 11.3 Å². The van der Waals surface area contributed by atoms with Gasteiger partial charge in [0.05, 0.1) is 29.4 Å². The van der Waals surface area contributed by atoms with E-state index in [9.17, 15) is 4.79 Å². The number of rotatable bonds is 6. The fourth-order valence-electron chi connectivity index (χ4n) is 1.65. The van der Waals surface area contributed by atoms with E-state index < -0.39 is 0 Å². The number of aryl methyl sites for hydroxylation is 1. The highest BCUT2D eigenvalue weighted by molar-refractivity contribution is 9.10. The second-order valence-electron chi connectivity index (χ2n) is 4.20. The van der Waals surface area contributed by atoms with Crippen LogP contribution in [-0.2, 0) is 16.0 Å². The van der Waals surface area contributed by atoms with Gasteiger partial charge in [-0.3, -0.25) is 4.79 Å². The van der Waals surface area contributed by atoms with Crippen molar-refractivity contribution in [3.8, 4) is 0 Å². The van der Waals surface area contributed by atoms with Gasteiger partial charge in [0.25, 0.3) is 0 Å². The van der Waals surface area contributed by atoms with Crippen molar-refractivity contribution in [2.75, 3.05) is 11.9 Å². The second kappa shape index (κ2) is 7.77. The number of carbonyl (C=O) groups is 1. The maximum atomic E-state index is 11.3. The zero-order valence-electron chi connectivity index (χ0n) is 11.4. The van der Waals surface area contributed by atoms with E-state index in [1.807, 2.05) is 23.6 Å². The van der Waals surface area contributed by atoms with Crippen molar-refractivity contribution in [3.63, 3.8) is 0 Å². The summed E-state index contributed by atoms with van der Waals surface area (Å²) in [5.41, 5.74) is 1.66. The van der Waals surface area contributed by atoms with Crippen molar-refractivity contribution in [2.24, 2.45) is 0 Å². The van der Waals surface area contributed by atoms with Crippen molar-refractivity contribution in [2.45, 2.75) is 19.8 Å². The van der Waals surface area contributed by atoms with E-state index in [0.29, 0.717) is 24.5 Å². The average Bonchev–Trinajstić information content (AvgIpc) is 2.88. The summed E-state index contributed by atoms with van der Waals surface area (Å²) < 4.78 is 5.82. The molecule has 1 aromatic heterocycles. The van der Waals surface area contributed by atoms with Gasteiger partial charge in [0.1, 0.15) is 0 Å². The Morgan fingerprint density at radius 3 is 3.05 bits per heavy atom. The molecule has 0 bridgehead atoms. The van der Waals surface area contributed by atoms with E-state index in [4.69, 9.17) is 16.3 Å². The molecule has 112 valence electrons. The molecule has 0 amide bonds. The molecule has 0 atom stereocenters. The van der Waals surface area contributed by atoms with Gasteiger partial charge in [-0.1, -0.05) is 27.5 Å². The van der Waals surface area contributed by atoms with Crippen molar-refractivity contribution in [3.05, 3.63) is 38.8 Å². The highest BCUT2D eigenvalue weighted by atomic mass is 79.9. The number of anilines is 2. The fourth-order valence-corrected chi connectivity index (χ4v) is 3.13. The Balaban J connectivity index is 1.95. The zero-order chi connectivity index (χ0) is 15.2. The summed E-state index contributed by atoms with van der Waals surface area (Å²) in [5, 5.41) is 6.46. The summed E-state index contributed by atoms with van der Waals surface area (Å²) in [6.07, 6.45) is 0.918. The lowest BCUT2D eigenvalue weighted by atomic mass is 10.2.